The number of halogens is 2. The van der Waals surface area contributed by atoms with Crippen molar-refractivity contribution in [1.82, 2.24) is 10.2 Å². The SMILES string of the molecule is C=C/C=C\C(=C/C)N1C(=O)/C(=C/c2cc(Cl)c(O)c(Br)c2)C(=O)N=C1SCC(=O)NC(c1ccccc1)c1ccccc1. The van der Waals surface area contributed by atoms with Crippen LogP contribution in [0.15, 0.2) is 124 Å². The maximum Gasteiger partial charge on any atom is 0.285 e. The Kier molecular flexibility index (Phi) is 10.9. The van der Waals surface area contributed by atoms with Crippen LogP contribution < -0.4 is 5.32 Å². The van der Waals surface area contributed by atoms with Crippen molar-refractivity contribution in [3.63, 3.8) is 0 Å². The summed E-state index contributed by atoms with van der Waals surface area (Å²) in [5.74, 6) is -1.96. The van der Waals surface area contributed by atoms with Crippen molar-refractivity contribution in [2.24, 2.45) is 4.99 Å². The van der Waals surface area contributed by atoms with Gasteiger partial charge in [0, 0.05) is 5.70 Å². The van der Waals surface area contributed by atoms with Crippen molar-refractivity contribution in [3.8, 4) is 5.75 Å². The van der Waals surface area contributed by atoms with Gasteiger partial charge in [-0.3, -0.25) is 19.3 Å². The van der Waals surface area contributed by atoms with Crippen LogP contribution in [0.25, 0.3) is 6.08 Å². The molecule has 0 radical (unpaired) electrons. The van der Waals surface area contributed by atoms with Crippen LogP contribution in [0, 0.1) is 0 Å². The van der Waals surface area contributed by atoms with Gasteiger partial charge in [-0.2, -0.15) is 4.99 Å². The second kappa shape index (κ2) is 14.8. The van der Waals surface area contributed by atoms with E-state index in [4.69, 9.17) is 11.6 Å². The average Bonchev–Trinajstić information content (AvgIpc) is 3.01. The second-order valence-electron chi connectivity index (χ2n) is 9.15. The van der Waals surface area contributed by atoms with Crippen LogP contribution in [0.4, 0.5) is 0 Å². The number of aliphatic imine (C=N–C) groups is 1. The molecular weight excluding hydrogens is 650 g/mol. The van der Waals surface area contributed by atoms with E-state index in [-0.39, 0.29) is 33.2 Å². The van der Waals surface area contributed by atoms with Crippen LogP contribution in [0.3, 0.4) is 0 Å². The Morgan fingerprint density at radius 2 is 1.74 bits per heavy atom. The Morgan fingerprint density at radius 1 is 1.12 bits per heavy atom. The topological polar surface area (TPSA) is 99.1 Å². The van der Waals surface area contributed by atoms with E-state index in [2.05, 4.69) is 32.8 Å². The minimum absolute atomic E-state index is 0.0481. The zero-order valence-electron chi connectivity index (χ0n) is 23.0. The Balaban J connectivity index is 1.63. The highest BCUT2D eigenvalue weighted by molar-refractivity contribution is 9.10. The average molecular weight is 677 g/mol. The zero-order chi connectivity index (χ0) is 30.9. The third kappa shape index (κ3) is 7.81. The number of phenolic OH excluding ortho intramolecular Hbond substituents is 1. The number of thioether (sulfide) groups is 1. The summed E-state index contributed by atoms with van der Waals surface area (Å²) < 4.78 is 0.303. The number of carbonyl (C=O) groups is 3. The van der Waals surface area contributed by atoms with Crippen LogP contribution in [-0.4, -0.2) is 38.6 Å². The largest absolute Gasteiger partial charge is 0.505 e. The van der Waals surface area contributed by atoms with Crippen LogP contribution >= 0.6 is 39.3 Å². The fraction of sp³-hybridized carbons (Fsp3) is 0.0909. The molecule has 7 nitrogen and oxygen atoms in total. The molecule has 3 aromatic carbocycles. The molecule has 0 unspecified atom stereocenters. The molecule has 0 atom stereocenters. The first kappa shape index (κ1) is 31.7. The van der Waals surface area contributed by atoms with Gasteiger partial charge in [-0.05, 0) is 63.8 Å². The molecule has 0 spiro atoms. The van der Waals surface area contributed by atoms with Crippen LogP contribution in [0.5, 0.6) is 5.75 Å². The molecule has 218 valence electrons. The lowest BCUT2D eigenvalue weighted by atomic mass is 9.99. The molecule has 1 heterocycles. The van der Waals surface area contributed by atoms with E-state index in [0.29, 0.717) is 15.7 Å². The number of allylic oxidation sites excluding steroid dienone is 4. The first-order valence-electron chi connectivity index (χ1n) is 13.1. The van der Waals surface area contributed by atoms with E-state index in [1.807, 2.05) is 60.7 Å². The molecule has 0 bridgehead atoms. The zero-order valence-corrected chi connectivity index (χ0v) is 26.2. The lowest BCUT2D eigenvalue weighted by Gasteiger charge is -2.28. The van der Waals surface area contributed by atoms with E-state index in [9.17, 15) is 19.5 Å². The van der Waals surface area contributed by atoms with E-state index in [0.717, 1.165) is 22.9 Å². The summed E-state index contributed by atoms with van der Waals surface area (Å²) in [7, 11) is 0. The summed E-state index contributed by atoms with van der Waals surface area (Å²) in [6.45, 7) is 5.43. The molecule has 4 rings (SSSR count). The molecule has 0 aliphatic carbocycles. The van der Waals surface area contributed by atoms with Crippen molar-refractivity contribution in [1.29, 1.82) is 0 Å². The van der Waals surface area contributed by atoms with Crippen molar-refractivity contribution in [2.75, 3.05) is 5.75 Å². The number of benzene rings is 3. The number of hydrogen-bond acceptors (Lipinski definition) is 5. The van der Waals surface area contributed by atoms with Gasteiger partial charge in [0.1, 0.15) is 11.3 Å². The quantitative estimate of drug-likeness (QED) is 0.142. The number of hydrogen-bond donors (Lipinski definition) is 2. The lowest BCUT2D eigenvalue weighted by Crippen LogP contribution is -2.42. The Morgan fingerprint density at radius 3 is 2.30 bits per heavy atom. The van der Waals surface area contributed by atoms with Crippen LogP contribution in [-0.2, 0) is 14.4 Å². The Labute approximate surface area is 267 Å². The summed E-state index contributed by atoms with van der Waals surface area (Å²) in [6.07, 6.45) is 7.92. The second-order valence-corrected chi connectivity index (χ2v) is 11.4. The first-order valence-corrected chi connectivity index (χ1v) is 15.2. The summed E-state index contributed by atoms with van der Waals surface area (Å²) in [5, 5.41) is 13.1. The minimum Gasteiger partial charge on any atom is -0.505 e. The van der Waals surface area contributed by atoms with Crippen molar-refractivity contribution in [2.45, 2.75) is 13.0 Å². The van der Waals surface area contributed by atoms with Gasteiger partial charge in [-0.25, -0.2) is 0 Å². The molecule has 10 heteroatoms. The number of nitrogens with zero attached hydrogens (tertiary/aromatic N) is 2. The van der Waals surface area contributed by atoms with E-state index in [1.54, 1.807) is 31.2 Å². The maximum absolute atomic E-state index is 13.8. The number of phenols is 1. The van der Waals surface area contributed by atoms with Crippen LogP contribution in [0.2, 0.25) is 5.02 Å². The summed E-state index contributed by atoms with van der Waals surface area (Å²) in [5.41, 5.74) is 2.47. The number of amidine groups is 1. The maximum atomic E-state index is 13.8. The van der Waals surface area contributed by atoms with Gasteiger partial charge in [0.15, 0.2) is 5.17 Å². The number of amides is 3. The molecular formula is C33H27BrClN3O4S. The molecule has 3 amide bonds. The van der Waals surface area contributed by atoms with Gasteiger partial charge < -0.3 is 10.4 Å². The van der Waals surface area contributed by atoms with Gasteiger partial charge in [-0.1, -0.05) is 109 Å². The number of rotatable bonds is 9. The van der Waals surface area contributed by atoms with Gasteiger partial charge in [0.25, 0.3) is 11.8 Å². The molecule has 1 aliphatic rings. The molecule has 0 saturated heterocycles. The van der Waals surface area contributed by atoms with E-state index < -0.39 is 17.9 Å². The smallest absolute Gasteiger partial charge is 0.285 e. The van der Waals surface area contributed by atoms with E-state index in [1.165, 1.54) is 23.1 Å². The third-order valence-electron chi connectivity index (χ3n) is 6.26. The Bertz CT molecular complexity index is 1610. The fourth-order valence-corrected chi connectivity index (χ4v) is 5.86. The molecule has 0 saturated carbocycles. The van der Waals surface area contributed by atoms with Gasteiger partial charge >= 0.3 is 0 Å². The highest BCUT2D eigenvalue weighted by Crippen LogP contribution is 2.34. The molecule has 0 aromatic heterocycles. The fourth-order valence-electron chi connectivity index (χ4n) is 4.23. The predicted molar refractivity (Wildman–Crippen MR) is 177 cm³/mol. The van der Waals surface area contributed by atoms with Crippen molar-refractivity contribution < 1.29 is 19.5 Å². The number of carbonyl (C=O) groups excluding carboxylic acids is 3. The highest BCUT2D eigenvalue weighted by atomic mass is 79.9. The molecule has 0 fully saturated rings. The van der Waals surface area contributed by atoms with Gasteiger partial charge in [-0.15, -0.1) is 0 Å². The van der Waals surface area contributed by atoms with E-state index >= 15 is 0 Å². The number of nitrogens with one attached hydrogen (secondary N) is 1. The first-order chi connectivity index (χ1) is 20.7. The summed E-state index contributed by atoms with van der Waals surface area (Å²) in [6, 6.07) is 21.8. The van der Waals surface area contributed by atoms with Gasteiger partial charge in [0.2, 0.25) is 5.91 Å². The van der Waals surface area contributed by atoms with Crippen molar-refractivity contribution >= 4 is 68.3 Å². The highest BCUT2D eigenvalue weighted by Gasteiger charge is 2.35. The molecule has 2 N–H and O–H groups in total. The monoisotopic (exact) mass is 675 g/mol. The third-order valence-corrected chi connectivity index (χ3v) is 8.09. The predicted octanol–water partition coefficient (Wildman–Crippen LogP) is 7.20. The molecule has 3 aromatic rings. The van der Waals surface area contributed by atoms with Crippen molar-refractivity contribution in [3.05, 3.63) is 141 Å². The summed E-state index contributed by atoms with van der Waals surface area (Å²) >= 11 is 10.3. The standard InChI is InChI=1S/C33H27BrClN3O4S/c1-3-5-16-24(4-2)38-32(42)25(17-21-18-26(34)30(40)27(35)19-21)31(41)37-33(38)43-20-28(39)36-29(22-12-8-6-9-13-22)23-14-10-7-11-15-23/h3-19,29,40H,1,20H2,2H3,(H,36,39)/b16-5-,24-4+,25-17+. The van der Waals surface area contributed by atoms with Gasteiger partial charge in [0.05, 0.1) is 21.3 Å². The normalized spacial score (nSPS) is 14.9. The lowest BCUT2D eigenvalue weighted by molar-refractivity contribution is -0.126. The minimum atomic E-state index is -0.765. The van der Waals surface area contributed by atoms with Crippen LogP contribution in [0.1, 0.15) is 29.7 Å². The molecule has 1 aliphatic heterocycles. The summed E-state index contributed by atoms with van der Waals surface area (Å²) in [4.78, 5) is 45.7. The number of aromatic hydroxyl groups is 1. The Hall–Kier alpha value is -4.18. The molecule has 43 heavy (non-hydrogen) atoms.